The number of benzene rings is 2. The lowest BCUT2D eigenvalue weighted by molar-refractivity contribution is 0.0909. The summed E-state index contributed by atoms with van der Waals surface area (Å²) in [6.45, 7) is 3.51. The maximum Gasteiger partial charge on any atom is 0.256 e. The van der Waals surface area contributed by atoms with E-state index in [1.165, 1.54) is 12.1 Å². The number of Topliss-reactive ketones (excluding diaryl/α,β-unsaturated/α-hetero) is 1. The summed E-state index contributed by atoms with van der Waals surface area (Å²) in [7, 11) is 0. The second-order valence-corrected chi connectivity index (χ2v) is 4.84. The van der Waals surface area contributed by atoms with Gasteiger partial charge in [0.25, 0.3) is 11.8 Å². The smallest absolute Gasteiger partial charge is 0.256 e. The molecule has 0 bridgehead atoms. The van der Waals surface area contributed by atoms with Gasteiger partial charge in [0.05, 0.1) is 11.3 Å². The van der Waals surface area contributed by atoms with Crippen molar-refractivity contribution in [3.8, 4) is 0 Å². The number of fused-ring (bicyclic) bond motifs is 1. The summed E-state index contributed by atoms with van der Waals surface area (Å²) in [5, 5.41) is 5.11. The molecule has 0 spiro atoms. The summed E-state index contributed by atoms with van der Waals surface area (Å²) in [5.41, 5.74) is 1.50. The highest BCUT2D eigenvalue weighted by atomic mass is 16.2. The zero-order valence-corrected chi connectivity index (χ0v) is 11.6. The molecule has 0 unspecified atom stereocenters. The molecule has 2 aromatic carbocycles. The van der Waals surface area contributed by atoms with E-state index in [0.717, 1.165) is 0 Å². The summed E-state index contributed by atoms with van der Waals surface area (Å²) >= 11 is 0. The van der Waals surface area contributed by atoms with E-state index in [9.17, 15) is 14.4 Å². The van der Waals surface area contributed by atoms with E-state index in [0.29, 0.717) is 11.3 Å². The minimum atomic E-state index is -0.375. The number of ketones is 1. The molecule has 2 aromatic rings. The van der Waals surface area contributed by atoms with E-state index < -0.39 is 0 Å². The number of anilines is 1. The van der Waals surface area contributed by atoms with Crippen LogP contribution in [0, 0.1) is 0 Å². The van der Waals surface area contributed by atoms with Crippen molar-refractivity contribution in [1.82, 2.24) is 5.32 Å². The Morgan fingerprint density at radius 1 is 1.00 bits per heavy atom. The average Bonchev–Trinajstić information content (AvgIpc) is 2.53. The van der Waals surface area contributed by atoms with E-state index in [2.05, 4.69) is 17.2 Å². The van der Waals surface area contributed by atoms with E-state index in [1.807, 2.05) is 6.07 Å². The lowest BCUT2D eigenvalue weighted by Crippen LogP contribution is -2.34. The van der Waals surface area contributed by atoms with Gasteiger partial charge in [-0.1, -0.05) is 24.8 Å². The first-order chi connectivity index (χ1) is 10.6. The van der Waals surface area contributed by atoms with Crippen LogP contribution in [0.3, 0.4) is 0 Å². The molecule has 0 radical (unpaired) electrons. The zero-order chi connectivity index (χ0) is 15.7. The molecule has 108 valence electrons. The molecule has 1 aliphatic rings. The predicted octanol–water partition coefficient (Wildman–Crippen LogP) is 2.38. The summed E-state index contributed by atoms with van der Waals surface area (Å²) in [4.78, 5) is 35.9. The third-order valence-electron chi connectivity index (χ3n) is 3.34. The SMILES string of the molecule is C=C1NC(=O)c2ccc(NC(=O)c3ccccc3)cc2C1=O. The Labute approximate surface area is 126 Å². The average molecular weight is 292 g/mol. The van der Waals surface area contributed by atoms with Gasteiger partial charge in [-0.2, -0.15) is 0 Å². The fourth-order valence-electron chi connectivity index (χ4n) is 2.22. The molecule has 0 aliphatic carbocycles. The predicted molar refractivity (Wildman–Crippen MR) is 81.8 cm³/mol. The number of carbonyl (C=O) groups excluding carboxylic acids is 3. The number of carbonyl (C=O) groups is 3. The minimum absolute atomic E-state index is 0.0315. The van der Waals surface area contributed by atoms with Crippen molar-refractivity contribution in [3.05, 3.63) is 77.5 Å². The van der Waals surface area contributed by atoms with Gasteiger partial charge in [0.15, 0.2) is 0 Å². The van der Waals surface area contributed by atoms with Gasteiger partial charge in [-0.3, -0.25) is 14.4 Å². The van der Waals surface area contributed by atoms with Crippen molar-refractivity contribution < 1.29 is 14.4 Å². The molecule has 3 rings (SSSR count). The number of amides is 2. The largest absolute Gasteiger partial charge is 0.322 e. The molecule has 1 heterocycles. The minimum Gasteiger partial charge on any atom is -0.322 e. The quantitative estimate of drug-likeness (QED) is 0.834. The van der Waals surface area contributed by atoms with Crippen LogP contribution in [-0.4, -0.2) is 17.6 Å². The second-order valence-electron chi connectivity index (χ2n) is 4.84. The first-order valence-electron chi connectivity index (χ1n) is 6.61. The van der Waals surface area contributed by atoms with Gasteiger partial charge in [-0.05, 0) is 30.3 Å². The van der Waals surface area contributed by atoms with Gasteiger partial charge in [0, 0.05) is 16.8 Å². The Bertz CT molecular complexity index is 810. The molecule has 2 N–H and O–H groups in total. The van der Waals surface area contributed by atoms with E-state index in [4.69, 9.17) is 0 Å². The van der Waals surface area contributed by atoms with Crippen LogP contribution in [0.1, 0.15) is 31.1 Å². The Kier molecular flexibility index (Phi) is 3.31. The summed E-state index contributed by atoms with van der Waals surface area (Å²) in [5.74, 6) is -1.02. The van der Waals surface area contributed by atoms with Gasteiger partial charge < -0.3 is 10.6 Å². The molecule has 0 fully saturated rings. The Hall–Kier alpha value is -3.21. The normalized spacial score (nSPS) is 13.4. The molecular weight excluding hydrogens is 280 g/mol. The number of hydrogen-bond donors (Lipinski definition) is 2. The molecule has 0 saturated heterocycles. The maximum absolute atomic E-state index is 12.1. The van der Waals surface area contributed by atoms with Crippen LogP contribution in [0.2, 0.25) is 0 Å². The van der Waals surface area contributed by atoms with Crippen molar-refractivity contribution in [2.24, 2.45) is 0 Å². The molecule has 0 aromatic heterocycles. The van der Waals surface area contributed by atoms with Crippen molar-refractivity contribution in [2.45, 2.75) is 0 Å². The highest BCUT2D eigenvalue weighted by molar-refractivity contribution is 6.21. The molecule has 2 amide bonds. The monoisotopic (exact) mass is 292 g/mol. The van der Waals surface area contributed by atoms with Gasteiger partial charge in [0.1, 0.15) is 0 Å². The van der Waals surface area contributed by atoms with Crippen LogP contribution in [0.4, 0.5) is 5.69 Å². The number of hydrogen-bond acceptors (Lipinski definition) is 3. The van der Waals surface area contributed by atoms with Gasteiger partial charge >= 0.3 is 0 Å². The van der Waals surface area contributed by atoms with Crippen LogP contribution in [-0.2, 0) is 0 Å². The van der Waals surface area contributed by atoms with Crippen LogP contribution in [0.5, 0.6) is 0 Å². The topological polar surface area (TPSA) is 75.3 Å². The molecular formula is C17H12N2O3. The summed E-state index contributed by atoms with van der Waals surface area (Å²) < 4.78 is 0. The highest BCUT2D eigenvalue weighted by Gasteiger charge is 2.26. The summed E-state index contributed by atoms with van der Waals surface area (Å²) in [6.07, 6.45) is 0. The van der Waals surface area contributed by atoms with Crippen LogP contribution < -0.4 is 10.6 Å². The molecule has 0 atom stereocenters. The Morgan fingerprint density at radius 3 is 2.45 bits per heavy atom. The van der Waals surface area contributed by atoms with Crippen LogP contribution in [0.25, 0.3) is 0 Å². The lowest BCUT2D eigenvalue weighted by atomic mass is 9.97. The first-order valence-corrected chi connectivity index (χ1v) is 6.61. The molecule has 1 aliphatic heterocycles. The molecule has 22 heavy (non-hydrogen) atoms. The first kappa shape index (κ1) is 13.8. The fraction of sp³-hybridized carbons (Fsp3) is 0. The standard InChI is InChI=1S/C17H12N2O3/c1-10-15(20)14-9-12(7-8-13(14)17(22)18-10)19-16(21)11-5-3-2-4-6-11/h2-9H,1H2,(H,18,22)(H,19,21). The molecule has 0 saturated carbocycles. The van der Waals surface area contributed by atoms with E-state index >= 15 is 0 Å². The molecule has 5 nitrogen and oxygen atoms in total. The number of allylic oxidation sites excluding steroid dienone is 1. The fourth-order valence-corrected chi connectivity index (χ4v) is 2.22. The van der Waals surface area contributed by atoms with Crippen molar-refractivity contribution in [1.29, 1.82) is 0 Å². The number of rotatable bonds is 2. The summed E-state index contributed by atoms with van der Waals surface area (Å²) in [6, 6.07) is 13.3. The van der Waals surface area contributed by atoms with Gasteiger partial charge in [0.2, 0.25) is 5.78 Å². The van der Waals surface area contributed by atoms with Crippen LogP contribution >= 0.6 is 0 Å². The van der Waals surface area contributed by atoms with Crippen molar-refractivity contribution in [2.75, 3.05) is 5.32 Å². The second kappa shape index (κ2) is 5.29. The van der Waals surface area contributed by atoms with Crippen molar-refractivity contribution in [3.63, 3.8) is 0 Å². The maximum atomic E-state index is 12.1. The van der Waals surface area contributed by atoms with E-state index in [1.54, 1.807) is 30.3 Å². The highest BCUT2D eigenvalue weighted by Crippen LogP contribution is 2.22. The van der Waals surface area contributed by atoms with Crippen LogP contribution in [0.15, 0.2) is 60.8 Å². The zero-order valence-electron chi connectivity index (χ0n) is 11.6. The Morgan fingerprint density at radius 2 is 1.73 bits per heavy atom. The Balaban J connectivity index is 1.91. The lowest BCUT2D eigenvalue weighted by Gasteiger charge is -2.18. The van der Waals surface area contributed by atoms with Gasteiger partial charge in [-0.15, -0.1) is 0 Å². The molecule has 5 heteroatoms. The van der Waals surface area contributed by atoms with E-state index in [-0.39, 0.29) is 34.4 Å². The van der Waals surface area contributed by atoms with Gasteiger partial charge in [-0.25, -0.2) is 0 Å². The number of nitrogens with one attached hydrogen (secondary N) is 2. The third kappa shape index (κ3) is 2.40. The third-order valence-corrected chi connectivity index (χ3v) is 3.34. The van der Waals surface area contributed by atoms with Crippen molar-refractivity contribution >= 4 is 23.3 Å².